The van der Waals surface area contributed by atoms with Crippen molar-refractivity contribution in [2.24, 2.45) is 0 Å². The summed E-state index contributed by atoms with van der Waals surface area (Å²) in [6.07, 6.45) is 0. The molecule has 0 aromatic heterocycles. The molecule has 6 nitrogen and oxygen atoms in total. The first-order valence-corrected chi connectivity index (χ1v) is 8.94. The topological polar surface area (TPSA) is 73.9 Å². The van der Waals surface area contributed by atoms with E-state index in [4.69, 9.17) is 25.8 Å². The molecule has 0 aliphatic heterocycles. The number of hydrogen-bond acceptors (Lipinski definition) is 5. The van der Waals surface area contributed by atoms with Gasteiger partial charge in [0, 0.05) is 11.1 Å². The fourth-order valence-electron chi connectivity index (χ4n) is 2.06. The number of rotatable bonds is 7. The zero-order valence-electron chi connectivity index (χ0n) is 13.5. The van der Waals surface area contributed by atoms with Gasteiger partial charge in [-0.25, -0.2) is 8.42 Å². The zero-order chi connectivity index (χ0) is 17.7. The molecule has 0 spiro atoms. The third-order valence-corrected chi connectivity index (χ3v) is 4.77. The highest BCUT2D eigenvalue weighted by molar-refractivity contribution is 7.92. The monoisotopic (exact) mass is 371 g/mol. The van der Waals surface area contributed by atoms with Crippen LogP contribution >= 0.6 is 11.6 Å². The Hall–Kier alpha value is -2.12. The van der Waals surface area contributed by atoms with E-state index >= 15 is 0 Å². The highest BCUT2D eigenvalue weighted by Gasteiger charge is 2.22. The van der Waals surface area contributed by atoms with Crippen molar-refractivity contribution in [1.82, 2.24) is 0 Å². The van der Waals surface area contributed by atoms with E-state index in [1.807, 2.05) is 0 Å². The number of sulfonamides is 1. The number of hydrogen-bond donors (Lipinski definition) is 1. The van der Waals surface area contributed by atoms with E-state index in [9.17, 15) is 8.42 Å². The maximum Gasteiger partial charge on any atom is 0.265 e. The van der Waals surface area contributed by atoms with Crippen LogP contribution in [0.1, 0.15) is 6.92 Å². The molecule has 2 aromatic carbocycles. The smallest absolute Gasteiger partial charge is 0.265 e. The molecule has 0 amide bonds. The van der Waals surface area contributed by atoms with E-state index in [0.717, 1.165) is 0 Å². The summed E-state index contributed by atoms with van der Waals surface area (Å²) >= 11 is 5.94. The van der Waals surface area contributed by atoms with Crippen LogP contribution in [0.3, 0.4) is 0 Å². The second-order valence-electron chi connectivity index (χ2n) is 4.70. The summed E-state index contributed by atoms with van der Waals surface area (Å²) in [5.74, 6) is 1.07. The van der Waals surface area contributed by atoms with Crippen LogP contribution in [0.15, 0.2) is 41.3 Å². The fourth-order valence-corrected chi connectivity index (χ4v) is 3.53. The lowest BCUT2D eigenvalue weighted by molar-refractivity contribution is 0.331. The second-order valence-corrected chi connectivity index (χ2v) is 6.78. The summed E-state index contributed by atoms with van der Waals surface area (Å²) in [7, 11) is -1.00. The Morgan fingerprint density at radius 3 is 2.38 bits per heavy atom. The lowest BCUT2D eigenvalue weighted by atomic mass is 10.3. The van der Waals surface area contributed by atoms with Crippen LogP contribution in [0.4, 0.5) is 5.69 Å². The van der Waals surface area contributed by atoms with Crippen LogP contribution in [0.25, 0.3) is 0 Å². The SMILES string of the molecule is CCOc1ccc(Cl)cc1S(=O)(=O)Nc1cc(OC)ccc1OC. The van der Waals surface area contributed by atoms with Crippen molar-refractivity contribution in [3.8, 4) is 17.2 Å². The first-order chi connectivity index (χ1) is 11.4. The van der Waals surface area contributed by atoms with E-state index in [1.165, 1.54) is 32.4 Å². The number of anilines is 1. The highest BCUT2D eigenvalue weighted by atomic mass is 35.5. The summed E-state index contributed by atoms with van der Waals surface area (Å²) in [6.45, 7) is 2.09. The summed E-state index contributed by atoms with van der Waals surface area (Å²) in [4.78, 5) is -0.0540. The lowest BCUT2D eigenvalue weighted by Crippen LogP contribution is -2.15. The molecule has 0 aliphatic rings. The van der Waals surface area contributed by atoms with Crippen LogP contribution in [0.2, 0.25) is 5.02 Å². The van der Waals surface area contributed by atoms with Gasteiger partial charge in [-0.3, -0.25) is 4.72 Å². The number of ether oxygens (including phenoxy) is 3. The molecule has 24 heavy (non-hydrogen) atoms. The van der Waals surface area contributed by atoms with Gasteiger partial charge in [0.2, 0.25) is 0 Å². The molecule has 0 saturated heterocycles. The van der Waals surface area contributed by atoms with E-state index < -0.39 is 10.0 Å². The van der Waals surface area contributed by atoms with Gasteiger partial charge in [0.05, 0.1) is 26.5 Å². The Labute approximate surface area is 146 Å². The molecule has 2 rings (SSSR count). The van der Waals surface area contributed by atoms with Crippen molar-refractivity contribution in [2.45, 2.75) is 11.8 Å². The molecule has 0 saturated carbocycles. The molecule has 0 aliphatic carbocycles. The van der Waals surface area contributed by atoms with E-state index in [-0.39, 0.29) is 21.4 Å². The van der Waals surface area contributed by atoms with Gasteiger partial charge in [0.25, 0.3) is 10.0 Å². The third kappa shape index (κ3) is 4.04. The van der Waals surface area contributed by atoms with Crippen LogP contribution in [0, 0.1) is 0 Å². The van der Waals surface area contributed by atoms with Crippen LogP contribution in [-0.4, -0.2) is 29.2 Å². The maximum absolute atomic E-state index is 12.8. The van der Waals surface area contributed by atoms with Gasteiger partial charge >= 0.3 is 0 Å². The van der Waals surface area contributed by atoms with Gasteiger partial charge in [-0.05, 0) is 37.3 Å². The van der Waals surface area contributed by atoms with Gasteiger partial charge < -0.3 is 14.2 Å². The molecule has 1 N–H and O–H groups in total. The largest absolute Gasteiger partial charge is 0.497 e. The van der Waals surface area contributed by atoms with Gasteiger partial charge in [0.15, 0.2) is 0 Å². The first-order valence-electron chi connectivity index (χ1n) is 7.08. The average molecular weight is 372 g/mol. The second kappa shape index (κ2) is 7.63. The summed E-state index contributed by atoms with van der Waals surface area (Å²) in [5, 5.41) is 0.288. The predicted molar refractivity (Wildman–Crippen MR) is 93.0 cm³/mol. The Morgan fingerprint density at radius 2 is 1.75 bits per heavy atom. The van der Waals surface area contributed by atoms with Gasteiger partial charge in [0.1, 0.15) is 22.1 Å². The highest BCUT2D eigenvalue weighted by Crippen LogP contribution is 2.33. The average Bonchev–Trinajstić information content (AvgIpc) is 2.56. The van der Waals surface area contributed by atoms with Crippen molar-refractivity contribution >= 4 is 27.3 Å². The molecular formula is C16H18ClNO5S. The molecular weight excluding hydrogens is 354 g/mol. The quantitative estimate of drug-likeness (QED) is 0.805. The Morgan fingerprint density at radius 1 is 1.04 bits per heavy atom. The van der Waals surface area contributed by atoms with Gasteiger partial charge in [-0.15, -0.1) is 0 Å². The molecule has 0 fully saturated rings. The van der Waals surface area contributed by atoms with Gasteiger partial charge in [-0.1, -0.05) is 11.6 Å². The zero-order valence-corrected chi connectivity index (χ0v) is 15.1. The molecule has 2 aromatic rings. The first kappa shape index (κ1) is 18.2. The Balaban J connectivity index is 2.47. The molecule has 0 unspecified atom stereocenters. The van der Waals surface area contributed by atoms with E-state index in [1.54, 1.807) is 25.1 Å². The summed E-state index contributed by atoms with van der Waals surface area (Å²) in [6, 6.07) is 9.23. The molecule has 0 radical (unpaired) electrons. The van der Waals surface area contributed by atoms with Gasteiger partial charge in [-0.2, -0.15) is 0 Å². The molecule has 8 heteroatoms. The molecule has 0 heterocycles. The minimum atomic E-state index is -3.94. The lowest BCUT2D eigenvalue weighted by Gasteiger charge is -2.15. The molecule has 130 valence electrons. The summed E-state index contributed by atoms with van der Waals surface area (Å²) < 4.78 is 43.7. The van der Waals surface area contributed by atoms with Crippen molar-refractivity contribution in [3.05, 3.63) is 41.4 Å². The van der Waals surface area contributed by atoms with Crippen molar-refractivity contribution in [2.75, 3.05) is 25.5 Å². The number of benzene rings is 2. The number of nitrogens with one attached hydrogen (secondary N) is 1. The maximum atomic E-state index is 12.8. The van der Waals surface area contributed by atoms with Crippen LogP contribution < -0.4 is 18.9 Å². The molecule has 0 atom stereocenters. The van der Waals surface area contributed by atoms with E-state index in [2.05, 4.69) is 4.72 Å². The third-order valence-electron chi connectivity index (χ3n) is 3.15. The number of halogens is 1. The van der Waals surface area contributed by atoms with Crippen molar-refractivity contribution in [1.29, 1.82) is 0 Å². The minimum Gasteiger partial charge on any atom is -0.497 e. The standard InChI is InChI=1S/C16H18ClNO5S/c1-4-23-15-7-5-11(17)9-16(15)24(19,20)18-13-10-12(21-2)6-8-14(13)22-3/h5-10,18H,4H2,1-3H3. The van der Waals surface area contributed by atoms with Crippen LogP contribution in [-0.2, 0) is 10.0 Å². The normalized spacial score (nSPS) is 11.0. The molecule has 0 bridgehead atoms. The predicted octanol–water partition coefficient (Wildman–Crippen LogP) is 3.56. The number of methoxy groups -OCH3 is 2. The minimum absolute atomic E-state index is 0.0540. The van der Waals surface area contributed by atoms with Crippen LogP contribution in [0.5, 0.6) is 17.2 Å². The Bertz CT molecular complexity index is 823. The Kier molecular flexibility index (Phi) is 5.80. The summed E-state index contributed by atoms with van der Waals surface area (Å²) in [5.41, 5.74) is 0.249. The van der Waals surface area contributed by atoms with Crippen molar-refractivity contribution < 1.29 is 22.6 Å². The fraction of sp³-hybridized carbons (Fsp3) is 0.250. The van der Waals surface area contributed by atoms with E-state index in [0.29, 0.717) is 18.1 Å². The van der Waals surface area contributed by atoms with Crippen molar-refractivity contribution in [3.63, 3.8) is 0 Å².